The van der Waals surface area contributed by atoms with E-state index in [0.29, 0.717) is 11.5 Å². The average molecular weight is 347 g/mol. The number of para-hydroxylation sites is 2. The zero-order valence-electron chi connectivity index (χ0n) is 15.2. The van der Waals surface area contributed by atoms with Crippen LogP contribution >= 0.6 is 0 Å². The first kappa shape index (κ1) is 16.8. The van der Waals surface area contributed by atoms with Crippen LogP contribution in [-0.4, -0.2) is 15.5 Å². The number of nitrogens with one attached hydrogen (secondary N) is 1. The zero-order valence-corrected chi connectivity index (χ0v) is 15.2. The van der Waals surface area contributed by atoms with Crippen molar-refractivity contribution in [3.63, 3.8) is 0 Å². The van der Waals surface area contributed by atoms with Gasteiger partial charge in [-0.3, -0.25) is 10.1 Å². The second-order valence-electron chi connectivity index (χ2n) is 7.34. The summed E-state index contributed by atoms with van der Waals surface area (Å²) >= 11 is 0. The van der Waals surface area contributed by atoms with Gasteiger partial charge in [-0.2, -0.15) is 0 Å². The molecule has 4 heteroatoms. The molecule has 1 amide bonds. The van der Waals surface area contributed by atoms with E-state index in [-0.39, 0.29) is 5.91 Å². The minimum Gasteiger partial charge on any atom is -0.310 e. The number of imidazole rings is 1. The molecule has 0 aliphatic heterocycles. The number of rotatable bonds is 5. The number of hydrogen-bond acceptors (Lipinski definition) is 2. The van der Waals surface area contributed by atoms with Crippen molar-refractivity contribution in [2.45, 2.75) is 45.6 Å². The summed E-state index contributed by atoms with van der Waals surface area (Å²) in [5.74, 6) is 1.34. The predicted molar refractivity (Wildman–Crippen MR) is 105 cm³/mol. The molecule has 134 valence electrons. The van der Waals surface area contributed by atoms with Crippen LogP contribution in [0.2, 0.25) is 0 Å². The topological polar surface area (TPSA) is 46.9 Å². The Bertz CT molecular complexity index is 905. The Morgan fingerprint density at radius 2 is 1.85 bits per heavy atom. The van der Waals surface area contributed by atoms with Crippen molar-refractivity contribution in [3.05, 3.63) is 59.7 Å². The third-order valence-electron chi connectivity index (χ3n) is 5.43. The summed E-state index contributed by atoms with van der Waals surface area (Å²) in [6, 6.07) is 15.7. The minimum atomic E-state index is -0.109. The second kappa shape index (κ2) is 7.32. The number of carbonyl (C=O) groups excluding carboxylic acids is 1. The number of fused-ring (bicyclic) bond motifs is 1. The van der Waals surface area contributed by atoms with E-state index in [0.717, 1.165) is 35.5 Å². The first-order valence-electron chi connectivity index (χ1n) is 9.54. The van der Waals surface area contributed by atoms with Gasteiger partial charge in [0.25, 0.3) is 5.91 Å². The van der Waals surface area contributed by atoms with Crippen LogP contribution in [0.4, 0.5) is 5.95 Å². The number of aromatic nitrogens is 2. The molecule has 4 nitrogen and oxygen atoms in total. The number of nitrogens with zero attached hydrogens (tertiary/aromatic N) is 2. The lowest BCUT2D eigenvalue weighted by Gasteiger charge is -2.13. The van der Waals surface area contributed by atoms with Gasteiger partial charge in [-0.05, 0) is 43.5 Å². The van der Waals surface area contributed by atoms with Crippen molar-refractivity contribution in [2.24, 2.45) is 5.92 Å². The SMILES string of the molecule is Cc1ccc(C(=O)Nc2nc3ccccc3n2CCC2CCCC2)cc1. The van der Waals surface area contributed by atoms with Gasteiger partial charge in [0.05, 0.1) is 11.0 Å². The van der Waals surface area contributed by atoms with Crippen molar-refractivity contribution in [3.8, 4) is 0 Å². The number of benzene rings is 2. The molecule has 0 unspecified atom stereocenters. The van der Waals surface area contributed by atoms with E-state index in [1.807, 2.05) is 49.4 Å². The van der Waals surface area contributed by atoms with Crippen molar-refractivity contribution in [1.82, 2.24) is 9.55 Å². The molecule has 1 heterocycles. The highest BCUT2D eigenvalue weighted by Crippen LogP contribution is 2.29. The van der Waals surface area contributed by atoms with Crippen LogP contribution in [0.25, 0.3) is 11.0 Å². The van der Waals surface area contributed by atoms with Crippen LogP contribution in [0, 0.1) is 12.8 Å². The standard InChI is InChI=1S/C22H25N3O/c1-16-10-12-18(13-11-16)21(26)24-22-23-19-8-4-5-9-20(19)25(22)15-14-17-6-2-3-7-17/h4-5,8-13,17H,2-3,6-7,14-15H2,1H3,(H,23,24,26). The quantitative estimate of drug-likeness (QED) is 0.691. The van der Waals surface area contributed by atoms with Crippen molar-refractivity contribution < 1.29 is 4.79 Å². The van der Waals surface area contributed by atoms with Gasteiger partial charge >= 0.3 is 0 Å². The van der Waals surface area contributed by atoms with Crippen LogP contribution in [0.3, 0.4) is 0 Å². The molecule has 2 aromatic carbocycles. The Labute approximate surface area is 154 Å². The van der Waals surface area contributed by atoms with E-state index >= 15 is 0 Å². The fourth-order valence-electron chi connectivity index (χ4n) is 3.89. The van der Waals surface area contributed by atoms with Crippen LogP contribution in [0.15, 0.2) is 48.5 Å². The van der Waals surface area contributed by atoms with Gasteiger partial charge in [0, 0.05) is 12.1 Å². The molecule has 26 heavy (non-hydrogen) atoms. The fraction of sp³-hybridized carbons (Fsp3) is 0.364. The molecule has 1 fully saturated rings. The van der Waals surface area contributed by atoms with Crippen LogP contribution in [-0.2, 0) is 6.54 Å². The highest BCUT2D eigenvalue weighted by atomic mass is 16.1. The van der Waals surface area contributed by atoms with Crippen molar-refractivity contribution in [2.75, 3.05) is 5.32 Å². The molecule has 1 saturated carbocycles. The molecule has 0 saturated heterocycles. The lowest BCUT2D eigenvalue weighted by atomic mass is 10.0. The predicted octanol–water partition coefficient (Wildman–Crippen LogP) is 5.18. The first-order valence-corrected chi connectivity index (χ1v) is 9.54. The Kier molecular flexibility index (Phi) is 4.74. The molecule has 0 atom stereocenters. The van der Waals surface area contributed by atoms with E-state index in [2.05, 4.69) is 20.9 Å². The summed E-state index contributed by atoms with van der Waals surface area (Å²) in [6.45, 7) is 2.92. The number of anilines is 1. The molecular formula is C22H25N3O. The molecule has 4 rings (SSSR count). The summed E-state index contributed by atoms with van der Waals surface area (Å²) in [4.78, 5) is 17.3. The lowest BCUT2D eigenvalue weighted by molar-refractivity contribution is 0.102. The van der Waals surface area contributed by atoms with Crippen molar-refractivity contribution >= 4 is 22.9 Å². The van der Waals surface area contributed by atoms with Crippen LogP contribution in [0.1, 0.15) is 48.0 Å². The maximum atomic E-state index is 12.7. The summed E-state index contributed by atoms with van der Waals surface area (Å²) in [7, 11) is 0. The molecule has 3 aromatic rings. The molecule has 0 radical (unpaired) electrons. The van der Waals surface area contributed by atoms with Crippen LogP contribution in [0.5, 0.6) is 0 Å². The highest BCUT2D eigenvalue weighted by molar-refractivity contribution is 6.04. The van der Waals surface area contributed by atoms with Gasteiger partial charge in [0.1, 0.15) is 0 Å². The maximum Gasteiger partial charge on any atom is 0.257 e. The highest BCUT2D eigenvalue weighted by Gasteiger charge is 2.18. The molecular weight excluding hydrogens is 322 g/mol. The largest absolute Gasteiger partial charge is 0.310 e. The Hall–Kier alpha value is -2.62. The monoisotopic (exact) mass is 347 g/mol. The molecule has 1 aliphatic carbocycles. The third kappa shape index (κ3) is 3.50. The van der Waals surface area contributed by atoms with Crippen LogP contribution < -0.4 is 5.32 Å². The number of amides is 1. The number of carbonyl (C=O) groups is 1. The van der Waals surface area contributed by atoms with Gasteiger partial charge in [0.2, 0.25) is 5.95 Å². The maximum absolute atomic E-state index is 12.7. The Morgan fingerprint density at radius 3 is 2.62 bits per heavy atom. The van der Waals surface area contributed by atoms with E-state index in [4.69, 9.17) is 0 Å². The molecule has 1 N–H and O–H groups in total. The van der Waals surface area contributed by atoms with Gasteiger partial charge in [-0.1, -0.05) is 55.5 Å². The van der Waals surface area contributed by atoms with E-state index in [9.17, 15) is 4.79 Å². The summed E-state index contributed by atoms with van der Waals surface area (Å²) < 4.78 is 2.17. The Balaban J connectivity index is 1.59. The van der Waals surface area contributed by atoms with Gasteiger partial charge in [0.15, 0.2) is 0 Å². The summed E-state index contributed by atoms with van der Waals surface area (Å²) in [6.07, 6.45) is 6.52. The molecule has 1 aromatic heterocycles. The van der Waals surface area contributed by atoms with Gasteiger partial charge in [-0.15, -0.1) is 0 Å². The van der Waals surface area contributed by atoms with Gasteiger partial charge < -0.3 is 4.57 Å². The molecule has 0 spiro atoms. The van der Waals surface area contributed by atoms with E-state index < -0.39 is 0 Å². The van der Waals surface area contributed by atoms with Gasteiger partial charge in [-0.25, -0.2) is 4.98 Å². The summed E-state index contributed by atoms with van der Waals surface area (Å²) in [5.41, 5.74) is 3.82. The lowest BCUT2D eigenvalue weighted by Crippen LogP contribution is -2.16. The van der Waals surface area contributed by atoms with E-state index in [1.165, 1.54) is 25.7 Å². The normalized spacial score (nSPS) is 14.8. The molecule has 0 bridgehead atoms. The number of hydrogen-bond donors (Lipinski definition) is 1. The smallest absolute Gasteiger partial charge is 0.257 e. The summed E-state index contributed by atoms with van der Waals surface area (Å²) in [5, 5.41) is 3.02. The third-order valence-corrected chi connectivity index (χ3v) is 5.43. The zero-order chi connectivity index (χ0) is 17.9. The first-order chi connectivity index (χ1) is 12.7. The average Bonchev–Trinajstić information content (AvgIpc) is 3.28. The second-order valence-corrected chi connectivity index (χ2v) is 7.34. The fourth-order valence-corrected chi connectivity index (χ4v) is 3.89. The minimum absolute atomic E-state index is 0.109. The Morgan fingerprint density at radius 1 is 1.12 bits per heavy atom. The number of aryl methyl sites for hydroxylation is 2. The molecule has 1 aliphatic rings. The van der Waals surface area contributed by atoms with Crippen molar-refractivity contribution in [1.29, 1.82) is 0 Å². The van der Waals surface area contributed by atoms with E-state index in [1.54, 1.807) is 0 Å².